The van der Waals surface area contributed by atoms with Crippen LogP contribution in [0.1, 0.15) is 43.3 Å². The molecule has 0 saturated carbocycles. The third kappa shape index (κ3) is 3.59. The van der Waals surface area contributed by atoms with E-state index in [2.05, 4.69) is 35.2 Å². The number of nitrogens with zero attached hydrogens (tertiary/aromatic N) is 9. The average Bonchev–Trinajstić information content (AvgIpc) is 3.40. The molecule has 0 N–H and O–H groups in total. The monoisotopic (exact) mass is 359 g/mol. The largest absolute Gasteiger partial charge is 0.340 e. The summed E-state index contributed by atoms with van der Waals surface area (Å²) in [7, 11) is 2.04. The van der Waals surface area contributed by atoms with E-state index in [-0.39, 0.29) is 18.4 Å². The van der Waals surface area contributed by atoms with Gasteiger partial charge in [0, 0.05) is 26.1 Å². The molecule has 26 heavy (non-hydrogen) atoms. The number of carbonyl (C=O) groups is 1. The van der Waals surface area contributed by atoms with Crippen molar-refractivity contribution in [2.24, 2.45) is 7.05 Å². The van der Waals surface area contributed by atoms with Crippen LogP contribution in [0.25, 0.3) is 0 Å². The maximum absolute atomic E-state index is 12.5. The van der Waals surface area contributed by atoms with Crippen molar-refractivity contribution >= 4 is 5.91 Å². The number of hydrogen-bond donors (Lipinski definition) is 0. The van der Waals surface area contributed by atoms with Crippen molar-refractivity contribution < 1.29 is 4.79 Å². The van der Waals surface area contributed by atoms with Crippen LogP contribution >= 0.6 is 0 Å². The van der Waals surface area contributed by atoms with E-state index >= 15 is 0 Å². The second-order valence-electron chi connectivity index (χ2n) is 7.20. The highest BCUT2D eigenvalue weighted by atomic mass is 16.2. The van der Waals surface area contributed by atoms with Crippen LogP contribution in [0.4, 0.5) is 0 Å². The van der Waals surface area contributed by atoms with Gasteiger partial charge in [-0.15, -0.1) is 15.3 Å². The molecule has 2 saturated heterocycles. The Labute approximate surface area is 152 Å². The number of aromatic nitrogens is 7. The molecule has 4 rings (SSSR count). The summed E-state index contributed by atoms with van der Waals surface area (Å²) in [6, 6.07) is 0. The highest BCUT2D eigenvalue weighted by Crippen LogP contribution is 2.26. The van der Waals surface area contributed by atoms with Crippen LogP contribution in [-0.2, 0) is 24.9 Å². The quantitative estimate of drug-likeness (QED) is 0.729. The van der Waals surface area contributed by atoms with E-state index < -0.39 is 0 Å². The van der Waals surface area contributed by atoms with E-state index in [4.69, 9.17) is 0 Å². The molecule has 4 heterocycles. The summed E-state index contributed by atoms with van der Waals surface area (Å²) in [5, 5.41) is 19.8. The van der Waals surface area contributed by atoms with Crippen molar-refractivity contribution in [2.45, 2.75) is 44.7 Å². The average molecular weight is 359 g/mol. The van der Waals surface area contributed by atoms with Crippen molar-refractivity contribution in [1.29, 1.82) is 0 Å². The predicted molar refractivity (Wildman–Crippen MR) is 91.9 cm³/mol. The lowest BCUT2D eigenvalue weighted by molar-refractivity contribution is -0.133. The maximum atomic E-state index is 12.5. The van der Waals surface area contributed by atoms with Gasteiger partial charge >= 0.3 is 0 Å². The van der Waals surface area contributed by atoms with Gasteiger partial charge < -0.3 is 9.47 Å². The Morgan fingerprint density at radius 1 is 1.19 bits per heavy atom. The summed E-state index contributed by atoms with van der Waals surface area (Å²) in [4.78, 5) is 16.8. The fourth-order valence-corrected chi connectivity index (χ4v) is 3.91. The first-order chi connectivity index (χ1) is 12.7. The number of tetrazole rings is 1. The zero-order valence-corrected chi connectivity index (χ0v) is 15.2. The molecule has 0 radical (unpaired) electrons. The molecule has 0 bridgehead atoms. The van der Waals surface area contributed by atoms with Crippen LogP contribution in [0, 0.1) is 0 Å². The van der Waals surface area contributed by atoms with Gasteiger partial charge in [0.25, 0.3) is 0 Å². The minimum Gasteiger partial charge on any atom is -0.340 e. The van der Waals surface area contributed by atoms with Crippen molar-refractivity contribution in [1.82, 2.24) is 44.8 Å². The Kier molecular flexibility index (Phi) is 4.91. The Hall–Kier alpha value is -2.36. The van der Waals surface area contributed by atoms with Crippen molar-refractivity contribution in [3.05, 3.63) is 18.0 Å². The highest BCUT2D eigenvalue weighted by Gasteiger charge is 2.29. The fraction of sp³-hybridized carbons (Fsp3) is 0.750. The van der Waals surface area contributed by atoms with Crippen molar-refractivity contribution in [3.63, 3.8) is 0 Å². The van der Waals surface area contributed by atoms with Crippen molar-refractivity contribution in [3.8, 4) is 0 Å². The lowest BCUT2D eigenvalue weighted by atomic mass is 9.97. The van der Waals surface area contributed by atoms with Crippen LogP contribution in [0.15, 0.2) is 6.33 Å². The minimum atomic E-state index is 0.0430. The Bertz CT molecular complexity index is 735. The molecule has 2 fully saturated rings. The number of rotatable bonds is 5. The van der Waals surface area contributed by atoms with E-state index in [1.54, 1.807) is 0 Å². The number of amides is 1. The van der Waals surface area contributed by atoms with E-state index in [1.165, 1.54) is 23.9 Å². The third-order valence-corrected chi connectivity index (χ3v) is 5.39. The number of likely N-dealkylation sites (tertiary alicyclic amines) is 2. The van der Waals surface area contributed by atoms with Gasteiger partial charge in [0.2, 0.25) is 5.91 Å². The first-order valence-corrected chi connectivity index (χ1v) is 9.30. The first kappa shape index (κ1) is 17.1. The van der Waals surface area contributed by atoms with Crippen LogP contribution < -0.4 is 0 Å². The predicted octanol–water partition coefficient (Wildman–Crippen LogP) is -0.196. The van der Waals surface area contributed by atoms with Crippen molar-refractivity contribution in [2.75, 3.05) is 26.2 Å². The fourth-order valence-electron chi connectivity index (χ4n) is 3.91. The van der Waals surface area contributed by atoms with Gasteiger partial charge in [-0.25, -0.2) is 4.68 Å². The SMILES string of the molecule is Cn1c(CN2CCCC2)nnc1[C@H]1CCCN(C(=O)Cn2cnnn2)C1. The summed E-state index contributed by atoms with van der Waals surface area (Å²) < 4.78 is 3.58. The summed E-state index contributed by atoms with van der Waals surface area (Å²) in [6.45, 7) is 4.78. The molecular formula is C16H25N9O. The molecule has 0 unspecified atom stereocenters. The van der Waals surface area contributed by atoms with E-state index in [1.807, 2.05) is 11.9 Å². The van der Waals surface area contributed by atoms with Gasteiger partial charge in [-0.1, -0.05) is 0 Å². The molecule has 2 aliphatic heterocycles. The standard InChI is InChI=1S/C16H25N9O/c1-22-14(10-23-6-2-3-7-23)18-19-16(22)13-5-4-8-24(9-13)15(26)11-25-12-17-20-21-25/h12-13H,2-11H2,1H3/t13-/m0/s1. The molecule has 2 aliphatic rings. The summed E-state index contributed by atoms with van der Waals surface area (Å²) >= 11 is 0. The number of piperidine rings is 1. The molecule has 0 aliphatic carbocycles. The molecule has 10 nitrogen and oxygen atoms in total. The normalized spacial score (nSPS) is 21.4. The molecule has 1 amide bonds. The minimum absolute atomic E-state index is 0.0430. The lowest BCUT2D eigenvalue weighted by Gasteiger charge is -2.32. The summed E-state index contributed by atoms with van der Waals surface area (Å²) in [5.41, 5.74) is 0. The lowest BCUT2D eigenvalue weighted by Crippen LogP contribution is -2.41. The molecule has 140 valence electrons. The van der Waals surface area contributed by atoms with Gasteiger partial charge in [-0.2, -0.15) is 0 Å². The zero-order chi connectivity index (χ0) is 17.9. The molecule has 10 heteroatoms. The highest BCUT2D eigenvalue weighted by molar-refractivity contribution is 5.76. The van der Waals surface area contributed by atoms with E-state index in [9.17, 15) is 4.79 Å². The van der Waals surface area contributed by atoms with E-state index in [0.717, 1.165) is 50.7 Å². The van der Waals surface area contributed by atoms with Gasteiger partial charge in [0.1, 0.15) is 24.5 Å². The Balaban J connectivity index is 1.41. The summed E-state index contributed by atoms with van der Waals surface area (Å²) in [6.07, 6.45) is 6.01. The van der Waals surface area contributed by atoms with E-state index in [0.29, 0.717) is 6.54 Å². The summed E-state index contributed by atoms with van der Waals surface area (Å²) in [5.74, 6) is 2.27. The van der Waals surface area contributed by atoms with Crippen LogP contribution in [0.3, 0.4) is 0 Å². The molecule has 0 aromatic carbocycles. The second-order valence-corrected chi connectivity index (χ2v) is 7.20. The van der Waals surface area contributed by atoms with Gasteiger partial charge in [0.05, 0.1) is 6.54 Å². The molecular weight excluding hydrogens is 334 g/mol. The smallest absolute Gasteiger partial charge is 0.244 e. The van der Waals surface area contributed by atoms with Gasteiger partial charge in [-0.3, -0.25) is 9.69 Å². The molecule has 0 spiro atoms. The number of hydrogen-bond acceptors (Lipinski definition) is 7. The Morgan fingerprint density at radius 3 is 2.81 bits per heavy atom. The van der Waals surface area contributed by atoms with Crippen LogP contribution in [0.2, 0.25) is 0 Å². The molecule has 2 aromatic rings. The maximum Gasteiger partial charge on any atom is 0.244 e. The zero-order valence-electron chi connectivity index (χ0n) is 15.2. The Morgan fingerprint density at radius 2 is 2.04 bits per heavy atom. The number of carbonyl (C=O) groups excluding carboxylic acids is 1. The first-order valence-electron chi connectivity index (χ1n) is 9.30. The third-order valence-electron chi connectivity index (χ3n) is 5.39. The second kappa shape index (κ2) is 7.48. The molecule has 2 aromatic heterocycles. The molecule has 1 atom stereocenters. The van der Waals surface area contributed by atoms with Gasteiger partial charge in [-0.05, 0) is 49.2 Å². The van der Waals surface area contributed by atoms with Crippen LogP contribution in [0.5, 0.6) is 0 Å². The topological polar surface area (TPSA) is 97.9 Å². The van der Waals surface area contributed by atoms with Gasteiger partial charge in [0.15, 0.2) is 0 Å². The van der Waals surface area contributed by atoms with Crippen LogP contribution in [-0.4, -0.2) is 76.9 Å².